The van der Waals surface area contributed by atoms with Crippen molar-refractivity contribution in [3.8, 4) is 0 Å². The number of hydrogen-bond donors (Lipinski definition) is 2. The van der Waals surface area contributed by atoms with E-state index in [4.69, 9.17) is 0 Å². The second-order valence-corrected chi connectivity index (χ2v) is 7.71. The molecule has 11 heteroatoms. The third-order valence-corrected chi connectivity index (χ3v) is 5.78. The van der Waals surface area contributed by atoms with Gasteiger partial charge in [-0.1, -0.05) is 0 Å². The molecule has 1 saturated heterocycles. The predicted molar refractivity (Wildman–Crippen MR) is 102 cm³/mol. The molecule has 0 spiro atoms. The summed E-state index contributed by atoms with van der Waals surface area (Å²) < 4.78 is 0. The van der Waals surface area contributed by atoms with E-state index in [1.54, 1.807) is 0 Å². The second kappa shape index (κ2) is 8.62. The molecule has 6 amide bonds. The number of imide groups is 3. The van der Waals surface area contributed by atoms with Crippen molar-refractivity contribution >= 4 is 41.4 Å². The highest BCUT2D eigenvalue weighted by Crippen LogP contribution is 2.40. The molecule has 4 aliphatic rings. The molecule has 1 aliphatic carbocycles. The fourth-order valence-electron chi connectivity index (χ4n) is 4.15. The minimum Gasteiger partial charge on any atom is -0.479 e. The Morgan fingerprint density at radius 1 is 0.903 bits per heavy atom. The molecule has 0 unspecified atom stereocenters. The standard InChI is InChI=1S/C16H18N2O6.C4H3NO2/c19-11-1-2-12(20)17(11)9-10-5-7-16(8-6-10,15(23)24)18-13(21)3-4-14(18)22;6-3-1-2-4(7)5-3/h1-2,10H,3-9H2,(H,23,24);1-2H,(H,5,6,7). The van der Waals surface area contributed by atoms with Crippen LogP contribution in [0.15, 0.2) is 24.3 Å². The molecule has 0 bridgehead atoms. The Bertz CT molecular complexity index is 877. The van der Waals surface area contributed by atoms with Gasteiger partial charge in [0.05, 0.1) is 0 Å². The Balaban J connectivity index is 0.000000330. The first-order chi connectivity index (χ1) is 14.6. The molecule has 11 nitrogen and oxygen atoms in total. The fourth-order valence-corrected chi connectivity index (χ4v) is 4.15. The van der Waals surface area contributed by atoms with Crippen molar-refractivity contribution in [2.75, 3.05) is 6.54 Å². The van der Waals surface area contributed by atoms with Crippen LogP contribution in [-0.4, -0.2) is 68.4 Å². The van der Waals surface area contributed by atoms with Gasteiger partial charge in [0.2, 0.25) is 11.8 Å². The van der Waals surface area contributed by atoms with Crippen LogP contribution in [0.2, 0.25) is 0 Å². The van der Waals surface area contributed by atoms with Crippen molar-refractivity contribution in [1.29, 1.82) is 0 Å². The van der Waals surface area contributed by atoms with Gasteiger partial charge >= 0.3 is 5.97 Å². The Hall–Kier alpha value is -3.63. The van der Waals surface area contributed by atoms with Crippen molar-refractivity contribution < 1.29 is 38.7 Å². The summed E-state index contributed by atoms with van der Waals surface area (Å²) in [5, 5.41) is 11.7. The zero-order valence-electron chi connectivity index (χ0n) is 16.5. The van der Waals surface area contributed by atoms with Crippen LogP contribution in [0.5, 0.6) is 0 Å². The van der Waals surface area contributed by atoms with Gasteiger partial charge in [0.25, 0.3) is 23.6 Å². The maximum absolute atomic E-state index is 12.0. The minimum absolute atomic E-state index is 0.0296. The molecule has 2 N–H and O–H groups in total. The fraction of sp³-hybridized carbons (Fsp3) is 0.450. The number of nitrogens with one attached hydrogen (secondary N) is 1. The topological polar surface area (TPSA) is 158 Å². The minimum atomic E-state index is -1.49. The number of carbonyl (C=O) groups is 7. The van der Waals surface area contributed by atoms with Crippen LogP contribution in [0, 0.1) is 5.92 Å². The largest absolute Gasteiger partial charge is 0.479 e. The van der Waals surface area contributed by atoms with Gasteiger partial charge in [-0.15, -0.1) is 0 Å². The van der Waals surface area contributed by atoms with Crippen LogP contribution < -0.4 is 5.32 Å². The summed E-state index contributed by atoms with van der Waals surface area (Å²) in [5.74, 6) is -3.45. The highest BCUT2D eigenvalue weighted by molar-refractivity contribution is 6.13. The average Bonchev–Trinajstić information content (AvgIpc) is 3.37. The Kier molecular flexibility index (Phi) is 6.14. The number of aliphatic carboxylic acids is 1. The van der Waals surface area contributed by atoms with E-state index in [-0.39, 0.29) is 61.8 Å². The smallest absolute Gasteiger partial charge is 0.330 e. The van der Waals surface area contributed by atoms with E-state index >= 15 is 0 Å². The Morgan fingerprint density at radius 2 is 1.39 bits per heavy atom. The summed E-state index contributed by atoms with van der Waals surface area (Å²) in [6.07, 6.45) is 6.09. The highest BCUT2D eigenvalue weighted by Gasteiger charge is 2.53. The predicted octanol–water partition coefficient (Wildman–Crippen LogP) is -0.727. The van der Waals surface area contributed by atoms with Crippen LogP contribution in [0.4, 0.5) is 0 Å². The lowest BCUT2D eigenvalue weighted by Crippen LogP contribution is -2.59. The Labute approximate surface area is 176 Å². The summed E-state index contributed by atoms with van der Waals surface area (Å²) in [6, 6.07) is 0. The second-order valence-electron chi connectivity index (χ2n) is 7.71. The molecule has 0 aromatic heterocycles. The van der Waals surface area contributed by atoms with Gasteiger partial charge in [-0.2, -0.15) is 0 Å². The van der Waals surface area contributed by atoms with E-state index in [1.165, 1.54) is 24.3 Å². The van der Waals surface area contributed by atoms with Gasteiger partial charge in [-0.25, -0.2) is 4.79 Å². The summed E-state index contributed by atoms with van der Waals surface area (Å²) in [7, 11) is 0. The number of nitrogens with zero attached hydrogens (tertiary/aromatic N) is 2. The lowest BCUT2D eigenvalue weighted by molar-refractivity contribution is -0.166. The molecule has 0 aromatic rings. The molecule has 164 valence electrons. The molecule has 0 radical (unpaired) electrons. The monoisotopic (exact) mass is 431 g/mol. The first kappa shape index (κ1) is 22.1. The normalized spacial score (nSPS) is 27.7. The zero-order chi connectivity index (χ0) is 22.8. The number of likely N-dealkylation sites (tertiary alicyclic amines) is 1. The van der Waals surface area contributed by atoms with Crippen LogP contribution in [-0.2, 0) is 33.6 Å². The maximum atomic E-state index is 12.0. The number of hydrogen-bond acceptors (Lipinski definition) is 7. The van der Waals surface area contributed by atoms with Crippen molar-refractivity contribution in [3.05, 3.63) is 24.3 Å². The van der Waals surface area contributed by atoms with Gasteiger partial charge in [0, 0.05) is 43.7 Å². The molecule has 0 aromatic carbocycles. The number of rotatable bonds is 4. The summed E-state index contributed by atoms with van der Waals surface area (Å²) >= 11 is 0. The first-order valence-electron chi connectivity index (χ1n) is 9.80. The molecule has 31 heavy (non-hydrogen) atoms. The van der Waals surface area contributed by atoms with E-state index in [0.29, 0.717) is 12.8 Å². The van der Waals surface area contributed by atoms with E-state index in [1.807, 2.05) is 5.32 Å². The van der Waals surface area contributed by atoms with E-state index in [0.717, 1.165) is 9.80 Å². The van der Waals surface area contributed by atoms with Crippen molar-refractivity contribution in [2.45, 2.75) is 44.1 Å². The van der Waals surface area contributed by atoms with Gasteiger partial charge < -0.3 is 5.11 Å². The number of carbonyl (C=O) groups excluding carboxylic acids is 6. The van der Waals surface area contributed by atoms with Gasteiger partial charge in [-0.3, -0.25) is 43.9 Å². The van der Waals surface area contributed by atoms with E-state index in [9.17, 15) is 38.7 Å². The van der Waals surface area contributed by atoms with Crippen LogP contribution >= 0.6 is 0 Å². The number of carboxylic acids is 1. The van der Waals surface area contributed by atoms with Crippen LogP contribution in [0.25, 0.3) is 0 Å². The van der Waals surface area contributed by atoms with E-state index in [2.05, 4.69) is 0 Å². The third-order valence-electron chi connectivity index (χ3n) is 5.78. The third kappa shape index (κ3) is 4.44. The van der Waals surface area contributed by atoms with Gasteiger partial charge in [0.1, 0.15) is 5.54 Å². The molecule has 2 fully saturated rings. The number of carboxylic acid groups (broad SMARTS) is 1. The van der Waals surface area contributed by atoms with Crippen molar-refractivity contribution in [3.63, 3.8) is 0 Å². The lowest BCUT2D eigenvalue weighted by Gasteiger charge is -2.42. The molecular weight excluding hydrogens is 410 g/mol. The van der Waals surface area contributed by atoms with Crippen LogP contribution in [0.1, 0.15) is 38.5 Å². The summed E-state index contributed by atoms with van der Waals surface area (Å²) in [4.78, 5) is 81.2. The summed E-state index contributed by atoms with van der Waals surface area (Å²) in [6.45, 7) is 0.238. The Morgan fingerprint density at radius 3 is 1.77 bits per heavy atom. The highest BCUT2D eigenvalue weighted by atomic mass is 16.4. The molecule has 4 rings (SSSR count). The van der Waals surface area contributed by atoms with Gasteiger partial charge in [-0.05, 0) is 31.6 Å². The molecular formula is C20H21N3O8. The van der Waals surface area contributed by atoms with Crippen molar-refractivity contribution in [1.82, 2.24) is 15.1 Å². The molecule has 3 aliphatic heterocycles. The lowest BCUT2D eigenvalue weighted by atomic mass is 9.75. The average molecular weight is 431 g/mol. The maximum Gasteiger partial charge on any atom is 0.330 e. The van der Waals surface area contributed by atoms with Crippen molar-refractivity contribution in [2.24, 2.45) is 5.92 Å². The van der Waals surface area contributed by atoms with E-state index < -0.39 is 23.3 Å². The zero-order valence-corrected chi connectivity index (χ0v) is 16.5. The quantitative estimate of drug-likeness (QED) is 0.552. The molecule has 1 saturated carbocycles. The van der Waals surface area contributed by atoms with Gasteiger partial charge in [0.15, 0.2) is 0 Å². The first-order valence-corrected chi connectivity index (χ1v) is 9.80. The SMILES string of the molecule is O=C1C=CC(=O)N1.O=C1C=CC(=O)N1CC1CCC(C(=O)O)(N2C(=O)CCC2=O)CC1. The molecule has 0 atom stereocenters. The van der Waals surface area contributed by atoms with Crippen LogP contribution in [0.3, 0.4) is 0 Å². The summed E-state index contributed by atoms with van der Waals surface area (Å²) in [5.41, 5.74) is -1.49. The number of amides is 6. The molecule has 3 heterocycles.